The van der Waals surface area contributed by atoms with Gasteiger partial charge in [-0.15, -0.1) is 11.3 Å². The highest BCUT2D eigenvalue weighted by Crippen LogP contribution is 2.22. The van der Waals surface area contributed by atoms with Crippen molar-refractivity contribution in [2.24, 2.45) is 5.73 Å². The Morgan fingerprint density at radius 3 is 3.00 bits per heavy atom. The Balaban J connectivity index is 2.10. The lowest BCUT2D eigenvalue weighted by molar-refractivity contribution is 0.282. The van der Waals surface area contributed by atoms with Crippen LogP contribution in [0.2, 0.25) is 0 Å². The highest BCUT2D eigenvalue weighted by atomic mass is 32.1. The lowest BCUT2D eigenvalue weighted by atomic mass is 9.98. The van der Waals surface area contributed by atoms with Gasteiger partial charge in [0, 0.05) is 11.3 Å². The molecule has 0 aliphatic rings. The number of nitrogens with two attached hydrogens (primary N) is 1. The fourth-order valence-corrected chi connectivity index (χ4v) is 2.45. The normalized spacial score (nSPS) is 14.8. The summed E-state index contributed by atoms with van der Waals surface area (Å²) in [5.41, 5.74) is 5.62. The molecule has 0 saturated heterocycles. The molecule has 0 saturated carbocycles. The molecule has 2 heterocycles. The Labute approximate surface area is 105 Å². The minimum atomic E-state index is -0.518. The van der Waals surface area contributed by atoms with Gasteiger partial charge in [0.2, 0.25) is 5.89 Å². The molecule has 0 amide bonds. The van der Waals surface area contributed by atoms with Crippen LogP contribution in [0.1, 0.15) is 43.3 Å². The molecule has 0 spiro atoms. The lowest BCUT2D eigenvalue weighted by Crippen LogP contribution is -2.33. The van der Waals surface area contributed by atoms with Crippen molar-refractivity contribution in [1.29, 1.82) is 0 Å². The van der Waals surface area contributed by atoms with E-state index in [9.17, 15) is 0 Å². The molecule has 5 heteroatoms. The molecule has 2 aromatic heterocycles. The van der Waals surface area contributed by atoms with Crippen LogP contribution in [0.15, 0.2) is 22.0 Å². The minimum absolute atomic E-state index is 0.518. The van der Waals surface area contributed by atoms with Crippen molar-refractivity contribution in [2.75, 3.05) is 0 Å². The highest BCUT2D eigenvalue weighted by molar-refractivity contribution is 7.09. The van der Waals surface area contributed by atoms with Crippen molar-refractivity contribution in [3.05, 3.63) is 34.1 Å². The first-order valence-corrected chi connectivity index (χ1v) is 6.64. The van der Waals surface area contributed by atoms with Crippen LogP contribution >= 0.6 is 11.3 Å². The second-order valence-electron chi connectivity index (χ2n) is 4.44. The number of nitrogens with zero attached hydrogens (tertiary/aromatic N) is 2. The zero-order chi connectivity index (χ0) is 12.3. The monoisotopic (exact) mass is 251 g/mol. The molecule has 2 rings (SSSR count). The van der Waals surface area contributed by atoms with Crippen molar-refractivity contribution >= 4 is 11.3 Å². The summed E-state index contributed by atoms with van der Waals surface area (Å²) >= 11 is 1.69. The standard InChI is InChI=1S/C12H17N3OS/c1-3-6-12(2,13)11-14-10(15-16-11)8-9-5-4-7-17-9/h4-5,7H,3,6,8,13H2,1-2H3. The fourth-order valence-electron chi connectivity index (χ4n) is 1.75. The molecule has 0 bridgehead atoms. The third-order valence-corrected chi connectivity index (χ3v) is 3.51. The SMILES string of the molecule is CCCC(C)(N)c1nc(Cc2cccs2)no1. The van der Waals surface area contributed by atoms with Gasteiger partial charge in [0.1, 0.15) is 0 Å². The van der Waals surface area contributed by atoms with E-state index >= 15 is 0 Å². The van der Waals surface area contributed by atoms with Crippen LogP contribution in [0.5, 0.6) is 0 Å². The van der Waals surface area contributed by atoms with E-state index in [1.54, 1.807) is 11.3 Å². The summed E-state index contributed by atoms with van der Waals surface area (Å²) in [4.78, 5) is 5.61. The Bertz CT molecular complexity index is 462. The topological polar surface area (TPSA) is 64.9 Å². The van der Waals surface area contributed by atoms with Crippen molar-refractivity contribution in [3.8, 4) is 0 Å². The molecule has 2 N–H and O–H groups in total. The van der Waals surface area contributed by atoms with Crippen LogP contribution in [0.4, 0.5) is 0 Å². The molecule has 17 heavy (non-hydrogen) atoms. The smallest absolute Gasteiger partial charge is 0.246 e. The predicted octanol–water partition coefficient (Wildman–Crippen LogP) is 2.70. The minimum Gasteiger partial charge on any atom is -0.337 e. The molecular formula is C12H17N3OS. The third-order valence-electron chi connectivity index (χ3n) is 2.64. The lowest BCUT2D eigenvalue weighted by Gasteiger charge is -2.18. The molecule has 0 fully saturated rings. The fraction of sp³-hybridized carbons (Fsp3) is 0.500. The van der Waals surface area contributed by atoms with Crippen molar-refractivity contribution in [3.63, 3.8) is 0 Å². The van der Waals surface area contributed by atoms with Crippen LogP contribution in [0, 0.1) is 0 Å². The summed E-state index contributed by atoms with van der Waals surface area (Å²) < 4.78 is 5.25. The van der Waals surface area contributed by atoms with Gasteiger partial charge in [-0.05, 0) is 24.8 Å². The van der Waals surface area contributed by atoms with Gasteiger partial charge in [0.15, 0.2) is 5.82 Å². The Morgan fingerprint density at radius 2 is 2.35 bits per heavy atom. The molecule has 1 atom stereocenters. The van der Waals surface area contributed by atoms with Crippen molar-refractivity contribution in [2.45, 2.75) is 38.6 Å². The number of hydrogen-bond acceptors (Lipinski definition) is 5. The molecule has 0 aliphatic heterocycles. The van der Waals surface area contributed by atoms with Crippen molar-refractivity contribution in [1.82, 2.24) is 10.1 Å². The van der Waals surface area contributed by atoms with Crippen LogP contribution < -0.4 is 5.73 Å². The number of rotatable bonds is 5. The third kappa shape index (κ3) is 2.92. The van der Waals surface area contributed by atoms with Crippen LogP contribution in [-0.4, -0.2) is 10.1 Å². The summed E-state index contributed by atoms with van der Waals surface area (Å²) in [5.74, 6) is 1.24. The van der Waals surface area contributed by atoms with Gasteiger partial charge in [0.25, 0.3) is 0 Å². The van der Waals surface area contributed by atoms with Gasteiger partial charge in [0.05, 0.1) is 5.54 Å². The maximum atomic E-state index is 6.14. The van der Waals surface area contributed by atoms with Crippen LogP contribution in [0.3, 0.4) is 0 Å². The van der Waals surface area contributed by atoms with E-state index in [1.807, 2.05) is 18.4 Å². The molecule has 0 radical (unpaired) electrons. The van der Waals surface area contributed by atoms with E-state index in [0.717, 1.165) is 12.8 Å². The average molecular weight is 251 g/mol. The maximum Gasteiger partial charge on any atom is 0.246 e. The molecule has 92 valence electrons. The first-order valence-electron chi connectivity index (χ1n) is 5.76. The zero-order valence-electron chi connectivity index (χ0n) is 10.1. The second-order valence-corrected chi connectivity index (χ2v) is 5.47. The van der Waals surface area contributed by atoms with Crippen LogP contribution in [0.25, 0.3) is 0 Å². The highest BCUT2D eigenvalue weighted by Gasteiger charge is 2.27. The molecule has 4 nitrogen and oxygen atoms in total. The number of hydrogen-bond donors (Lipinski definition) is 1. The van der Waals surface area contributed by atoms with Gasteiger partial charge in [-0.2, -0.15) is 4.98 Å². The van der Waals surface area contributed by atoms with Gasteiger partial charge in [-0.25, -0.2) is 0 Å². The Hall–Kier alpha value is -1.20. The van der Waals surface area contributed by atoms with Gasteiger partial charge in [-0.3, -0.25) is 0 Å². The zero-order valence-corrected chi connectivity index (χ0v) is 11.0. The van der Waals surface area contributed by atoms with E-state index in [1.165, 1.54) is 4.88 Å². The molecule has 2 aromatic rings. The Kier molecular flexibility index (Phi) is 3.59. The van der Waals surface area contributed by atoms with E-state index in [2.05, 4.69) is 23.1 Å². The van der Waals surface area contributed by atoms with E-state index in [4.69, 9.17) is 10.3 Å². The van der Waals surface area contributed by atoms with Crippen LogP contribution in [-0.2, 0) is 12.0 Å². The van der Waals surface area contributed by atoms with Gasteiger partial charge >= 0.3 is 0 Å². The largest absolute Gasteiger partial charge is 0.337 e. The molecular weight excluding hydrogens is 234 g/mol. The number of thiophene rings is 1. The Morgan fingerprint density at radius 1 is 1.53 bits per heavy atom. The second kappa shape index (κ2) is 4.98. The number of aromatic nitrogens is 2. The van der Waals surface area contributed by atoms with Gasteiger partial charge < -0.3 is 10.3 Å². The summed E-state index contributed by atoms with van der Waals surface area (Å²) in [6, 6.07) is 4.08. The summed E-state index contributed by atoms with van der Waals surface area (Å²) in [7, 11) is 0. The molecule has 1 unspecified atom stereocenters. The predicted molar refractivity (Wildman–Crippen MR) is 67.9 cm³/mol. The van der Waals surface area contributed by atoms with Gasteiger partial charge in [-0.1, -0.05) is 24.6 Å². The maximum absolute atomic E-state index is 6.14. The first-order chi connectivity index (χ1) is 8.12. The summed E-state index contributed by atoms with van der Waals surface area (Å²) in [6.45, 7) is 4.02. The van der Waals surface area contributed by atoms with E-state index in [-0.39, 0.29) is 0 Å². The quantitative estimate of drug-likeness (QED) is 0.887. The van der Waals surface area contributed by atoms with E-state index in [0.29, 0.717) is 18.1 Å². The summed E-state index contributed by atoms with van der Waals surface area (Å²) in [5, 5.41) is 6.02. The average Bonchev–Trinajstić information content (AvgIpc) is 2.89. The van der Waals surface area contributed by atoms with E-state index < -0.39 is 5.54 Å². The van der Waals surface area contributed by atoms with Crippen molar-refractivity contribution < 1.29 is 4.52 Å². The summed E-state index contributed by atoms with van der Waals surface area (Å²) in [6.07, 6.45) is 2.55. The first kappa shape index (κ1) is 12.3. The molecule has 0 aliphatic carbocycles. The molecule has 0 aromatic carbocycles.